The van der Waals surface area contributed by atoms with Crippen molar-refractivity contribution >= 4 is 17.3 Å². The molecule has 0 saturated carbocycles. The summed E-state index contributed by atoms with van der Waals surface area (Å²) in [6, 6.07) is 21.9. The number of ether oxygens (including phenoxy) is 3. The first-order valence-electron chi connectivity index (χ1n) is 10.9. The van der Waals surface area contributed by atoms with Gasteiger partial charge in [-0.25, -0.2) is 0 Å². The predicted octanol–water partition coefficient (Wildman–Crippen LogP) is 6.13. The molecule has 6 heteroatoms. The number of hydrazine groups is 1. The van der Waals surface area contributed by atoms with E-state index in [2.05, 4.69) is 34.7 Å². The van der Waals surface area contributed by atoms with Crippen LogP contribution in [0.15, 0.2) is 72.8 Å². The number of nitrogens with one attached hydrogen (secondary N) is 1. The molecule has 3 aromatic carbocycles. The third-order valence-corrected chi connectivity index (χ3v) is 5.98. The highest BCUT2D eigenvalue weighted by atomic mass is 35.5. The summed E-state index contributed by atoms with van der Waals surface area (Å²) in [7, 11) is 0. The Balaban J connectivity index is 1.57. The number of hydrogen-bond donors (Lipinski definition) is 1. The van der Waals surface area contributed by atoms with E-state index in [-0.39, 0.29) is 6.04 Å². The van der Waals surface area contributed by atoms with Gasteiger partial charge in [0.25, 0.3) is 0 Å². The van der Waals surface area contributed by atoms with Crippen molar-refractivity contribution in [3.63, 3.8) is 0 Å². The summed E-state index contributed by atoms with van der Waals surface area (Å²) in [5.41, 5.74) is 7.58. The van der Waals surface area contributed by atoms with Crippen LogP contribution in [0.2, 0.25) is 5.02 Å². The average molecular weight is 449 g/mol. The summed E-state index contributed by atoms with van der Waals surface area (Å²) >= 11 is 6.58. The van der Waals surface area contributed by atoms with Crippen molar-refractivity contribution in [1.29, 1.82) is 0 Å². The second-order valence-corrected chi connectivity index (χ2v) is 8.01. The van der Waals surface area contributed by atoms with Crippen LogP contribution in [0.1, 0.15) is 42.8 Å². The van der Waals surface area contributed by atoms with Gasteiger partial charge in [-0.3, -0.25) is 0 Å². The van der Waals surface area contributed by atoms with Gasteiger partial charge in [0.15, 0.2) is 17.7 Å². The van der Waals surface area contributed by atoms with Crippen LogP contribution in [0.5, 0.6) is 17.2 Å². The first-order chi connectivity index (χ1) is 15.7. The predicted molar refractivity (Wildman–Crippen MR) is 126 cm³/mol. The average Bonchev–Trinajstić information content (AvgIpc) is 3.26. The van der Waals surface area contributed by atoms with E-state index in [4.69, 9.17) is 25.8 Å². The van der Waals surface area contributed by atoms with E-state index in [1.54, 1.807) is 0 Å². The first-order valence-corrected chi connectivity index (χ1v) is 11.2. The molecule has 2 unspecified atom stereocenters. The monoisotopic (exact) mass is 448 g/mol. The smallest absolute Gasteiger partial charge is 0.197 e. The zero-order valence-corrected chi connectivity index (χ0v) is 18.8. The van der Waals surface area contributed by atoms with Crippen molar-refractivity contribution < 1.29 is 14.2 Å². The van der Waals surface area contributed by atoms with Crippen molar-refractivity contribution in [3.05, 3.63) is 94.5 Å². The van der Waals surface area contributed by atoms with E-state index in [1.165, 1.54) is 0 Å². The number of hydrogen-bond acceptors (Lipinski definition) is 5. The number of nitrogens with zero attached hydrogens (tertiary/aromatic N) is 1. The van der Waals surface area contributed by atoms with Crippen LogP contribution in [-0.2, 0) is 0 Å². The van der Waals surface area contributed by atoms with E-state index in [0.29, 0.717) is 18.2 Å². The number of para-hydroxylation sites is 1. The van der Waals surface area contributed by atoms with Gasteiger partial charge in [0, 0.05) is 16.1 Å². The van der Waals surface area contributed by atoms with Crippen LogP contribution in [-0.4, -0.2) is 18.2 Å². The molecule has 3 aromatic rings. The standard InChI is InChI=1S/C26H25ClN2O3/c1-3-30-18-14-12-17(13-15-18)22-16-23-20-9-7-11-24(31-4-2)25(20)32-26(29(23)28-22)19-8-5-6-10-21(19)27/h5-16,23,26,28H,3-4H2,1-2H3. The van der Waals surface area contributed by atoms with Gasteiger partial charge < -0.3 is 19.6 Å². The molecule has 0 radical (unpaired) electrons. The summed E-state index contributed by atoms with van der Waals surface area (Å²) in [4.78, 5) is 0. The summed E-state index contributed by atoms with van der Waals surface area (Å²) in [6.45, 7) is 5.17. The Kier molecular flexibility index (Phi) is 5.68. The molecule has 1 N–H and O–H groups in total. The minimum Gasteiger partial charge on any atom is -0.494 e. The van der Waals surface area contributed by atoms with Gasteiger partial charge in [0.2, 0.25) is 0 Å². The van der Waals surface area contributed by atoms with Crippen molar-refractivity contribution in [2.75, 3.05) is 13.2 Å². The van der Waals surface area contributed by atoms with Crippen LogP contribution in [0.4, 0.5) is 0 Å². The molecule has 0 spiro atoms. The van der Waals surface area contributed by atoms with Crippen LogP contribution in [0, 0.1) is 0 Å². The summed E-state index contributed by atoms with van der Waals surface area (Å²) in [5, 5.41) is 2.76. The Bertz CT molecular complexity index is 1150. The molecule has 2 aliphatic heterocycles. The quantitative estimate of drug-likeness (QED) is 0.491. The molecule has 2 heterocycles. The second-order valence-electron chi connectivity index (χ2n) is 7.60. The maximum Gasteiger partial charge on any atom is 0.197 e. The molecular weight excluding hydrogens is 424 g/mol. The molecule has 0 aliphatic carbocycles. The van der Waals surface area contributed by atoms with E-state index in [9.17, 15) is 0 Å². The largest absolute Gasteiger partial charge is 0.494 e. The fourth-order valence-electron chi connectivity index (χ4n) is 4.20. The summed E-state index contributed by atoms with van der Waals surface area (Å²) in [6.07, 6.45) is 1.80. The minimum absolute atomic E-state index is 0.0398. The molecule has 0 fully saturated rings. The lowest BCUT2D eigenvalue weighted by atomic mass is 10.00. The highest BCUT2D eigenvalue weighted by molar-refractivity contribution is 6.31. The second kappa shape index (κ2) is 8.77. The summed E-state index contributed by atoms with van der Waals surface area (Å²) < 4.78 is 18.0. The Morgan fingerprint density at radius 3 is 2.41 bits per heavy atom. The maximum atomic E-state index is 6.58. The third-order valence-electron chi connectivity index (χ3n) is 5.63. The topological polar surface area (TPSA) is 43.0 Å². The van der Waals surface area contributed by atoms with Gasteiger partial charge in [-0.05, 0) is 61.9 Å². The van der Waals surface area contributed by atoms with Crippen LogP contribution in [0.25, 0.3) is 5.70 Å². The molecule has 32 heavy (non-hydrogen) atoms. The van der Waals surface area contributed by atoms with Crippen LogP contribution >= 0.6 is 11.6 Å². The molecule has 2 atom stereocenters. The van der Waals surface area contributed by atoms with E-state index >= 15 is 0 Å². The maximum absolute atomic E-state index is 6.58. The molecule has 164 valence electrons. The zero-order valence-electron chi connectivity index (χ0n) is 18.0. The molecule has 2 aliphatic rings. The molecule has 0 amide bonds. The highest BCUT2D eigenvalue weighted by Gasteiger charge is 2.42. The number of rotatable bonds is 6. The van der Waals surface area contributed by atoms with Crippen molar-refractivity contribution in [2.24, 2.45) is 0 Å². The Morgan fingerprint density at radius 2 is 1.66 bits per heavy atom. The van der Waals surface area contributed by atoms with Crippen molar-refractivity contribution in [3.8, 4) is 17.2 Å². The van der Waals surface area contributed by atoms with Gasteiger partial charge in [-0.2, -0.15) is 5.01 Å². The van der Waals surface area contributed by atoms with Gasteiger partial charge >= 0.3 is 0 Å². The Morgan fingerprint density at radius 1 is 0.906 bits per heavy atom. The highest BCUT2D eigenvalue weighted by Crippen LogP contribution is 2.50. The summed E-state index contributed by atoms with van der Waals surface area (Å²) in [5.74, 6) is 2.35. The van der Waals surface area contributed by atoms with Crippen molar-refractivity contribution in [1.82, 2.24) is 10.4 Å². The van der Waals surface area contributed by atoms with Crippen LogP contribution < -0.4 is 19.6 Å². The molecule has 5 nitrogen and oxygen atoms in total. The first kappa shape index (κ1) is 20.7. The lowest BCUT2D eigenvalue weighted by Gasteiger charge is -2.39. The lowest BCUT2D eigenvalue weighted by Crippen LogP contribution is -2.43. The van der Waals surface area contributed by atoms with E-state index in [0.717, 1.165) is 39.6 Å². The Labute approximate surface area is 193 Å². The third kappa shape index (κ3) is 3.68. The minimum atomic E-state index is -0.417. The SMILES string of the molecule is CCOc1ccc(C2=CC3c4cccc(OCC)c4OC(c4ccccc4Cl)N3N2)cc1. The fraction of sp³-hybridized carbons (Fsp3) is 0.231. The van der Waals surface area contributed by atoms with Gasteiger partial charge in [0.05, 0.1) is 25.0 Å². The lowest BCUT2D eigenvalue weighted by molar-refractivity contribution is -0.0345. The molecule has 5 rings (SSSR count). The normalized spacial score (nSPS) is 19.3. The van der Waals surface area contributed by atoms with Gasteiger partial charge in [-0.15, -0.1) is 0 Å². The molecule has 0 bridgehead atoms. The number of fused-ring (bicyclic) bond motifs is 3. The Hall–Kier alpha value is -3.15. The number of benzene rings is 3. The fourth-order valence-corrected chi connectivity index (χ4v) is 4.43. The van der Waals surface area contributed by atoms with E-state index < -0.39 is 6.23 Å². The molecular formula is C26H25ClN2O3. The van der Waals surface area contributed by atoms with Crippen LogP contribution in [0.3, 0.4) is 0 Å². The molecule has 0 saturated heterocycles. The van der Waals surface area contributed by atoms with Crippen molar-refractivity contribution in [2.45, 2.75) is 26.1 Å². The van der Waals surface area contributed by atoms with E-state index in [1.807, 2.05) is 62.4 Å². The van der Waals surface area contributed by atoms with Gasteiger partial charge in [0.1, 0.15) is 5.75 Å². The molecule has 0 aromatic heterocycles. The van der Waals surface area contributed by atoms with Gasteiger partial charge in [-0.1, -0.05) is 41.9 Å². The zero-order chi connectivity index (χ0) is 22.1. The number of halogens is 1.